The van der Waals surface area contributed by atoms with Crippen LogP contribution >= 0.6 is 0 Å². The van der Waals surface area contributed by atoms with Gasteiger partial charge >= 0.3 is 6.03 Å². The van der Waals surface area contributed by atoms with Crippen molar-refractivity contribution in [3.63, 3.8) is 0 Å². The van der Waals surface area contributed by atoms with Crippen LogP contribution in [0.5, 0.6) is 0 Å². The van der Waals surface area contributed by atoms with Crippen LogP contribution in [0.4, 0.5) is 4.79 Å². The summed E-state index contributed by atoms with van der Waals surface area (Å²) in [6.07, 6.45) is 3.79. The number of hydrogen-bond donors (Lipinski definition) is 2. The van der Waals surface area contributed by atoms with Crippen molar-refractivity contribution in [2.45, 2.75) is 33.0 Å². The molecule has 2 aromatic rings. The van der Waals surface area contributed by atoms with Gasteiger partial charge in [-0.25, -0.2) is 4.79 Å². The molecule has 1 fully saturated rings. The molecule has 2 heterocycles. The number of aromatic nitrogens is 2. The maximum atomic E-state index is 12.1. The molecule has 0 radical (unpaired) electrons. The number of hydrogen-bond acceptors (Lipinski definition) is 3. The van der Waals surface area contributed by atoms with Gasteiger partial charge in [0.15, 0.2) is 0 Å². The lowest BCUT2D eigenvalue weighted by atomic mass is 10.1. The molecular weight excluding hydrogens is 314 g/mol. The minimum atomic E-state index is -0.0951. The predicted molar refractivity (Wildman–Crippen MR) is 98.2 cm³/mol. The van der Waals surface area contributed by atoms with Crippen molar-refractivity contribution < 1.29 is 4.79 Å². The van der Waals surface area contributed by atoms with Gasteiger partial charge in [-0.1, -0.05) is 37.3 Å². The van der Waals surface area contributed by atoms with Gasteiger partial charge in [-0.3, -0.25) is 9.58 Å². The molecule has 1 aliphatic heterocycles. The number of nitrogens with zero attached hydrogens (tertiary/aromatic N) is 3. The van der Waals surface area contributed by atoms with Gasteiger partial charge in [0.25, 0.3) is 0 Å². The fourth-order valence-electron chi connectivity index (χ4n) is 3.32. The zero-order chi connectivity index (χ0) is 17.6. The number of carbonyl (C=O) groups is 1. The van der Waals surface area contributed by atoms with Crippen molar-refractivity contribution in [2.24, 2.45) is 5.92 Å². The van der Waals surface area contributed by atoms with Gasteiger partial charge in [-0.15, -0.1) is 0 Å². The highest BCUT2D eigenvalue weighted by Gasteiger charge is 2.30. The molecule has 6 heteroatoms. The fraction of sp³-hybridized carbons (Fsp3) is 0.474. The first-order chi connectivity index (χ1) is 12.1. The minimum absolute atomic E-state index is 0.0951. The Hall–Kier alpha value is -2.34. The quantitative estimate of drug-likeness (QED) is 0.845. The molecule has 1 aliphatic rings. The Morgan fingerprint density at radius 1 is 1.28 bits per heavy atom. The molecule has 1 aromatic carbocycles. The van der Waals surface area contributed by atoms with Gasteiger partial charge < -0.3 is 10.6 Å². The second kappa shape index (κ2) is 8.16. The lowest BCUT2D eigenvalue weighted by molar-refractivity contribution is 0.234. The third-order valence-electron chi connectivity index (χ3n) is 4.64. The summed E-state index contributed by atoms with van der Waals surface area (Å²) in [6, 6.07) is 10.6. The van der Waals surface area contributed by atoms with Crippen LogP contribution in [0.1, 0.15) is 18.1 Å². The van der Waals surface area contributed by atoms with Crippen molar-refractivity contribution in [2.75, 3.05) is 19.6 Å². The first-order valence-electron chi connectivity index (χ1n) is 8.90. The van der Waals surface area contributed by atoms with E-state index in [-0.39, 0.29) is 12.1 Å². The second-order valence-electron chi connectivity index (χ2n) is 6.94. The number of nitrogens with one attached hydrogen (secondary N) is 2. The van der Waals surface area contributed by atoms with E-state index in [0.717, 1.165) is 25.2 Å². The number of aryl methyl sites for hydroxylation is 1. The van der Waals surface area contributed by atoms with Crippen LogP contribution in [0.25, 0.3) is 0 Å². The number of benzene rings is 1. The highest BCUT2D eigenvalue weighted by molar-refractivity contribution is 5.74. The summed E-state index contributed by atoms with van der Waals surface area (Å²) in [5, 5.41) is 10.3. The second-order valence-corrected chi connectivity index (χ2v) is 6.94. The van der Waals surface area contributed by atoms with E-state index >= 15 is 0 Å². The van der Waals surface area contributed by atoms with Gasteiger partial charge in [-0.2, -0.15) is 5.10 Å². The maximum Gasteiger partial charge on any atom is 0.315 e. The molecule has 0 unspecified atom stereocenters. The minimum Gasteiger partial charge on any atom is -0.336 e. The molecular formula is C19H27N5O. The molecule has 0 bridgehead atoms. The summed E-state index contributed by atoms with van der Waals surface area (Å²) in [5.74, 6) is 0.447. The SMILES string of the molecule is Cc1cnn(CCNC(=O)N[C@@H]2CN(Cc3ccccc3)C[C@@H]2C)c1. The molecule has 2 N–H and O–H groups in total. The third kappa shape index (κ3) is 5.06. The van der Waals surface area contributed by atoms with Crippen LogP contribution in [0.3, 0.4) is 0 Å². The van der Waals surface area contributed by atoms with E-state index in [9.17, 15) is 4.79 Å². The number of rotatable bonds is 6. The van der Waals surface area contributed by atoms with Crippen molar-refractivity contribution in [1.82, 2.24) is 25.3 Å². The lowest BCUT2D eigenvalue weighted by Gasteiger charge is -2.18. The molecule has 134 valence electrons. The first kappa shape index (κ1) is 17.5. The monoisotopic (exact) mass is 341 g/mol. The highest BCUT2D eigenvalue weighted by atomic mass is 16.2. The highest BCUT2D eigenvalue weighted by Crippen LogP contribution is 2.18. The number of amides is 2. The average molecular weight is 341 g/mol. The number of carbonyl (C=O) groups excluding carboxylic acids is 1. The zero-order valence-electron chi connectivity index (χ0n) is 15.0. The van der Waals surface area contributed by atoms with Crippen LogP contribution in [0.2, 0.25) is 0 Å². The summed E-state index contributed by atoms with van der Waals surface area (Å²) in [5.41, 5.74) is 2.44. The molecule has 6 nitrogen and oxygen atoms in total. The van der Waals surface area contributed by atoms with Gasteiger partial charge in [0, 0.05) is 38.4 Å². The van der Waals surface area contributed by atoms with E-state index in [1.807, 2.05) is 30.1 Å². The van der Waals surface area contributed by atoms with Crippen molar-refractivity contribution in [3.05, 3.63) is 53.9 Å². The summed E-state index contributed by atoms with van der Waals surface area (Å²) in [6.45, 7) is 8.29. The predicted octanol–water partition coefficient (Wildman–Crippen LogP) is 2.01. The van der Waals surface area contributed by atoms with Crippen LogP contribution < -0.4 is 10.6 Å². The largest absolute Gasteiger partial charge is 0.336 e. The average Bonchev–Trinajstić information content (AvgIpc) is 3.14. The van der Waals surface area contributed by atoms with Gasteiger partial charge in [0.1, 0.15) is 0 Å². The molecule has 0 saturated carbocycles. The summed E-state index contributed by atoms with van der Waals surface area (Å²) in [7, 11) is 0. The van der Waals surface area contributed by atoms with Crippen molar-refractivity contribution >= 4 is 6.03 Å². The number of likely N-dealkylation sites (tertiary alicyclic amines) is 1. The van der Waals surface area contributed by atoms with Gasteiger partial charge in [0.2, 0.25) is 0 Å². The normalized spacial score (nSPS) is 20.6. The third-order valence-corrected chi connectivity index (χ3v) is 4.64. The van der Waals surface area contributed by atoms with E-state index in [1.54, 1.807) is 0 Å². The topological polar surface area (TPSA) is 62.2 Å². The standard InChI is InChI=1S/C19H27N5O/c1-15-10-21-24(11-15)9-8-20-19(25)22-18-14-23(12-16(18)2)13-17-6-4-3-5-7-17/h3-7,10-11,16,18H,8-9,12-14H2,1-2H3,(H2,20,22,25)/t16-,18+/m0/s1. The zero-order valence-corrected chi connectivity index (χ0v) is 15.0. The van der Waals surface area contributed by atoms with Crippen LogP contribution in [-0.4, -0.2) is 46.4 Å². The Bertz CT molecular complexity index is 684. The van der Waals surface area contributed by atoms with Crippen LogP contribution in [-0.2, 0) is 13.1 Å². The Balaban J connectivity index is 1.40. The van der Waals surface area contributed by atoms with Gasteiger partial charge in [0.05, 0.1) is 12.7 Å². The van der Waals surface area contributed by atoms with E-state index in [2.05, 4.69) is 51.8 Å². The first-order valence-corrected chi connectivity index (χ1v) is 8.90. The molecule has 25 heavy (non-hydrogen) atoms. The Morgan fingerprint density at radius 2 is 2.08 bits per heavy atom. The molecule has 3 rings (SSSR count). The Labute approximate surface area is 149 Å². The van der Waals surface area contributed by atoms with E-state index in [4.69, 9.17) is 0 Å². The van der Waals surface area contributed by atoms with Crippen LogP contribution in [0, 0.1) is 12.8 Å². The Kier molecular flexibility index (Phi) is 5.71. The van der Waals surface area contributed by atoms with E-state index in [1.165, 1.54) is 5.56 Å². The summed E-state index contributed by atoms with van der Waals surface area (Å²) in [4.78, 5) is 14.5. The van der Waals surface area contributed by atoms with Gasteiger partial charge in [-0.05, 0) is 24.0 Å². The Morgan fingerprint density at radius 3 is 2.80 bits per heavy atom. The molecule has 1 aromatic heterocycles. The lowest BCUT2D eigenvalue weighted by Crippen LogP contribution is -2.46. The molecule has 2 amide bonds. The molecule has 1 saturated heterocycles. The van der Waals surface area contributed by atoms with Crippen molar-refractivity contribution in [1.29, 1.82) is 0 Å². The molecule has 2 atom stereocenters. The van der Waals surface area contributed by atoms with E-state index in [0.29, 0.717) is 19.0 Å². The molecule has 0 spiro atoms. The summed E-state index contributed by atoms with van der Waals surface area (Å²) < 4.78 is 1.84. The van der Waals surface area contributed by atoms with Crippen molar-refractivity contribution in [3.8, 4) is 0 Å². The molecule has 0 aliphatic carbocycles. The number of urea groups is 1. The van der Waals surface area contributed by atoms with E-state index < -0.39 is 0 Å². The smallest absolute Gasteiger partial charge is 0.315 e. The maximum absolute atomic E-state index is 12.1. The fourth-order valence-corrected chi connectivity index (χ4v) is 3.32. The van der Waals surface area contributed by atoms with Crippen LogP contribution in [0.15, 0.2) is 42.7 Å². The summed E-state index contributed by atoms with van der Waals surface area (Å²) >= 11 is 0.